The second-order valence-electron chi connectivity index (χ2n) is 16.4. The summed E-state index contributed by atoms with van der Waals surface area (Å²) < 4.78 is 7.61. The predicted molar refractivity (Wildman–Crippen MR) is 233 cm³/mol. The van der Waals surface area contributed by atoms with Crippen LogP contribution in [0.25, 0.3) is 75.8 Å². The Bertz CT molecular complexity index is 2960. The molecule has 2 aromatic heterocycles. The lowest BCUT2D eigenvalue weighted by Crippen LogP contribution is -2.17. The Morgan fingerprint density at radius 3 is 2.13 bits per heavy atom. The topological polar surface area (TPSA) is 58.6 Å². The lowest BCUT2D eigenvalue weighted by atomic mass is 9.79. The number of nitrogens with zero attached hydrogens (tertiary/aromatic N) is 2. The average Bonchev–Trinajstić information content (AvgIpc) is 3.78. The highest BCUT2D eigenvalue weighted by Gasteiger charge is 2.25. The van der Waals surface area contributed by atoms with Crippen LogP contribution in [0.3, 0.4) is 0 Å². The first-order valence-corrected chi connectivity index (χ1v) is 19.6. The number of para-hydroxylation sites is 3. The van der Waals surface area contributed by atoms with Gasteiger partial charge in [0.2, 0.25) is 0 Å². The quantitative estimate of drug-likeness (QED) is 0.179. The van der Waals surface area contributed by atoms with E-state index in [-0.39, 0.29) is 16.6 Å². The van der Waals surface area contributed by atoms with Crippen molar-refractivity contribution in [1.29, 1.82) is 0 Å². The molecule has 0 unspecified atom stereocenters. The normalized spacial score (nSPS) is 12.5. The van der Waals surface area contributed by atoms with E-state index in [4.69, 9.17) is 14.4 Å². The Balaban J connectivity index is 1.23. The van der Waals surface area contributed by atoms with Crippen LogP contribution < -0.4 is 0 Å². The summed E-state index contributed by atoms with van der Waals surface area (Å²) in [5.41, 5.74) is 11.2. The highest BCUT2D eigenvalue weighted by molar-refractivity contribution is 7.21. The molecule has 0 aliphatic carbocycles. The summed E-state index contributed by atoms with van der Waals surface area (Å²) in [7, 11) is 0. The number of benzene rings is 7. The van der Waals surface area contributed by atoms with Crippen molar-refractivity contribution >= 4 is 66.2 Å². The summed E-state index contributed by atoms with van der Waals surface area (Å²) in [5.74, 6) is 0.272. The number of aliphatic imine (C=N–C) groups is 1. The fourth-order valence-corrected chi connectivity index (χ4v) is 8.67. The summed E-state index contributed by atoms with van der Waals surface area (Å²) in [6.45, 7) is 13.0. The van der Waals surface area contributed by atoms with E-state index in [0.717, 1.165) is 81.8 Å². The summed E-state index contributed by atoms with van der Waals surface area (Å²) >= 11 is 1.67. The third-order valence-electron chi connectivity index (χ3n) is 10.6. The van der Waals surface area contributed by atoms with Crippen LogP contribution in [0.2, 0.25) is 0 Å². The van der Waals surface area contributed by atoms with Crippen molar-refractivity contribution in [2.45, 2.75) is 52.4 Å². The standard InChI is InChI=1S/C50H42N2O2S/c1-49(2,3)33-25-32(46(53)41(28-33)50(4,5)6)29-51-42-23-11-9-19-39(42)48-52-45-40(36-21-13-16-30-15-7-8-17-34(30)36)26-31(27-44(45)55-48)35-20-14-22-38-37-18-10-12-24-43(37)54-47(35)38/h7-29,53H,1-6H3. The van der Waals surface area contributed by atoms with E-state index >= 15 is 0 Å². The minimum absolute atomic E-state index is 0.0915. The van der Waals surface area contributed by atoms with Crippen LogP contribution in [-0.2, 0) is 10.8 Å². The molecule has 0 fully saturated rings. The number of aromatic nitrogens is 1. The summed E-state index contributed by atoms with van der Waals surface area (Å²) in [6, 6.07) is 46.5. The van der Waals surface area contributed by atoms with Gasteiger partial charge in [-0.25, -0.2) is 4.98 Å². The van der Waals surface area contributed by atoms with Gasteiger partial charge in [-0.15, -0.1) is 11.3 Å². The van der Waals surface area contributed by atoms with E-state index in [0.29, 0.717) is 5.56 Å². The first kappa shape index (κ1) is 34.7. The summed E-state index contributed by atoms with van der Waals surface area (Å²) in [5, 5.41) is 17.0. The monoisotopic (exact) mass is 734 g/mol. The Hall–Kier alpha value is -6.04. The zero-order valence-corrected chi connectivity index (χ0v) is 32.8. The van der Waals surface area contributed by atoms with Gasteiger partial charge in [0.1, 0.15) is 21.9 Å². The van der Waals surface area contributed by atoms with Gasteiger partial charge in [0.25, 0.3) is 0 Å². The zero-order valence-electron chi connectivity index (χ0n) is 31.9. The molecule has 0 saturated heterocycles. The second kappa shape index (κ2) is 13.1. The van der Waals surface area contributed by atoms with Gasteiger partial charge in [-0.1, -0.05) is 139 Å². The van der Waals surface area contributed by atoms with Gasteiger partial charge in [-0.05, 0) is 74.7 Å². The van der Waals surface area contributed by atoms with E-state index in [2.05, 4.69) is 145 Å². The molecule has 0 amide bonds. The molecule has 0 spiro atoms. The number of furan rings is 1. The number of aromatic hydroxyl groups is 1. The van der Waals surface area contributed by atoms with Gasteiger partial charge in [0.05, 0.1) is 15.9 Å². The first-order chi connectivity index (χ1) is 26.4. The molecule has 0 atom stereocenters. The van der Waals surface area contributed by atoms with Crippen molar-refractivity contribution < 1.29 is 9.52 Å². The fraction of sp³-hybridized carbons (Fsp3) is 0.160. The maximum atomic E-state index is 11.5. The SMILES string of the molecule is CC(C)(C)c1cc(C=Nc2ccccc2-c2nc3c(-c4cccc5ccccc45)cc(-c4cccc5c4oc4ccccc45)cc3s2)c(O)c(C(C)(C)C)c1. The van der Waals surface area contributed by atoms with Crippen molar-refractivity contribution in [3.8, 4) is 38.6 Å². The first-order valence-electron chi connectivity index (χ1n) is 18.8. The number of hydrogen-bond donors (Lipinski definition) is 1. The van der Waals surface area contributed by atoms with Crippen LogP contribution in [0.1, 0.15) is 58.2 Å². The molecule has 0 saturated carbocycles. The molecule has 1 N–H and O–H groups in total. The Morgan fingerprint density at radius 1 is 0.636 bits per heavy atom. The highest BCUT2D eigenvalue weighted by Crippen LogP contribution is 2.45. The van der Waals surface area contributed by atoms with Crippen LogP contribution in [-0.4, -0.2) is 16.3 Å². The highest BCUT2D eigenvalue weighted by atomic mass is 32.1. The molecule has 0 aliphatic rings. The summed E-state index contributed by atoms with van der Waals surface area (Å²) in [6.07, 6.45) is 1.81. The number of fused-ring (bicyclic) bond motifs is 5. The second-order valence-corrected chi connectivity index (χ2v) is 17.5. The maximum absolute atomic E-state index is 11.5. The molecule has 0 bridgehead atoms. The van der Waals surface area contributed by atoms with Crippen LogP contribution in [0.15, 0.2) is 143 Å². The molecule has 0 aliphatic heterocycles. The van der Waals surface area contributed by atoms with Crippen molar-refractivity contribution in [2.24, 2.45) is 4.99 Å². The predicted octanol–water partition coefficient (Wildman–Crippen LogP) is 14.4. The van der Waals surface area contributed by atoms with E-state index in [1.54, 1.807) is 17.6 Å². The van der Waals surface area contributed by atoms with Crippen molar-refractivity contribution in [3.63, 3.8) is 0 Å². The Kier molecular flexibility index (Phi) is 8.25. The minimum atomic E-state index is -0.233. The van der Waals surface area contributed by atoms with Crippen molar-refractivity contribution in [1.82, 2.24) is 4.98 Å². The zero-order chi connectivity index (χ0) is 38.1. The lowest BCUT2D eigenvalue weighted by Gasteiger charge is -2.27. The molecule has 55 heavy (non-hydrogen) atoms. The van der Waals surface area contributed by atoms with Gasteiger partial charge in [-0.2, -0.15) is 0 Å². The largest absolute Gasteiger partial charge is 0.507 e. The average molecular weight is 735 g/mol. The van der Waals surface area contributed by atoms with Gasteiger partial charge >= 0.3 is 0 Å². The minimum Gasteiger partial charge on any atom is -0.507 e. The van der Waals surface area contributed by atoms with Gasteiger partial charge < -0.3 is 9.52 Å². The maximum Gasteiger partial charge on any atom is 0.143 e. The lowest BCUT2D eigenvalue weighted by molar-refractivity contribution is 0.444. The molecule has 7 aromatic carbocycles. The smallest absolute Gasteiger partial charge is 0.143 e. The Labute approximate surface area is 325 Å². The van der Waals surface area contributed by atoms with Gasteiger partial charge in [-0.3, -0.25) is 4.99 Å². The molecule has 9 aromatic rings. The fourth-order valence-electron chi connectivity index (χ4n) is 7.61. The van der Waals surface area contributed by atoms with Gasteiger partial charge in [0, 0.05) is 44.8 Å². The van der Waals surface area contributed by atoms with E-state index in [1.165, 1.54) is 10.8 Å². The molecule has 5 heteroatoms. The van der Waals surface area contributed by atoms with Crippen molar-refractivity contribution in [2.75, 3.05) is 0 Å². The van der Waals surface area contributed by atoms with Gasteiger partial charge in [0.15, 0.2) is 0 Å². The van der Waals surface area contributed by atoms with E-state index in [9.17, 15) is 5.11 Å². The summed E-state index contributed by atoms with van der Waals surface area (Å²) in [4.78, 5) is 10.4. The van der Waals surface area contributed by atoms with Crippen LogP contribution in [0.4, 0.5) is 5.69 Å². The van der Waals surface area contributed by atoms with Crippen LogP contribution in [0, 0.1) is 0 Å². The molecule has 4 nitrogen and oxygen atoms in total. The number of phenolic OH excluding ortho intramolecular Hbond substituents is 1. The van der Waals surface area contributed by atoms with Crippen LogP contribution in [0.5, 0.6) is 5.75 Å². The molecule has 2 heterocycles. The molecule has 0 radical (unpaired) electrons. The molecule has 9 rings (SSSR count). The third kappa shape index (κ3) is 6.19. The third-order valence-corrected chi connectivity index (χ3v) is 11.6. The van der Waals surface area contributed by atoms with E-state index in [1.807, 2.05) is 30.3 Å². The number of hydrogen-bond acceptors (Lipinski definition) is 5. The van der Waals surface area contributed by atoms with Crippen molar-refractivity contribution in [3.05, 3.63) is 150 Å². The molecular formula is C50H42N2O2S. The number of phenols is 1. The molecule has 270 valence electrons. The Morgan fingerprint density at radius 2 is 1.31 bits per heavy atom. The molecular weight excluding hydrogens is 693 g/mol. The van der Waals surface area contributed by atoms with Crippen LogP contribution >= 0.6 is 11.3 Å². The van der Waals surface area contributed by atoms with E-state index < -0.39 is 0 Å². The number of rotatable bonds is 5. The number of thiazole rings is 1.